The summed E-state index contributed by atoms with van der Waals surface area (Å²) >= 11 is 0. The Balaban J connectivity index is 1.65. The van der Waals surface area contributed by atoms with Crippen LogP contribution in [0.15, 0.2) is 54.6 Å². The molecule has 4 nitrogen and oxygen atoms in total. The van der Waals surface area contributed by atoms with Crippen molar-refractivity contribution < 1.29 is 31.5 Å². The summed E-state index contributed by atoms with van der Waals surface area (Å²) in [5, 5.41) is 0. The molecule has 0 bridgehead atoms. The first-order chi connectivity index (χ1) is 13.8. The maximum atomic E-state index is 13.7. The largest absolute Gasteiger partial charge is 0.435 e. The van der Waals surface area contributed by atoms with Gasteiger partial charge in [-0.05, 0) is 29.8 Å². The molecule has 1 aliphatic heterocycles. The van der Waals surface area contributed by atoms with Crippen molar-refractivity contribution in [3.8, 4) is 5.75 Å². The van der Waals surface area contributed by atoms with Crippen LogP contribution in [0.2, 0.25) is 0 Å². The van der Waals surface area contributed by atoms with Crippen molar-refractivity contribution in [3.05, 3.63) is 65.7 Å². The van der Waals surface area contributed by atoms with Crippen LogP contribution in [0.3, 0.4) is 0 Å². The molecule has 0 radical (unpaired) electrons. The van der Waals surface area contributed by atoms with Crippen LogP contribution in [-0.2, 0) is 0 Å². The molecule has 1 atom stereocenters. The van der Waals surface area contributed by atoms with Crippen LogP contribution in [0.4, 0.5) is 22.0 Å². The predicted molar refractivity (Wildman–Crippen MR) is 95.8 cm³/mol. The van der Waals surface area contributed by atoms with Gasteiger partial charge >= 0.3 is 12.8 Å². The van der Waals surface area contributed by atoms with E-state index in [1.807, 2.05) is 0 Å². The average molecular weight is 414 g/mol. The van der Waals surface area contributed by atoms with Gasteiger partial charge in [0.15, 0.2) is 0 Å². The number of halogens is 5. The van der Waals surface area contributed by atoms with E-state index in [9.17, 15) is 26.7 Å². The smallest absolute Gasteiger partial charge is 0.408 e. The van der Waals surface area contributed by atoms with E-state index in [4.69, 9.17) is 0 Å². The zero-order valence-corrected chi connectivity index (χ0v) is 15.3. The highest BCUT2D eigenvalue weighted by molar-refractivity contribution is 5.94. The van der Waals surface area contributed by atoms with Crippen LogP contribution >= 0.6 is 0 Å². The highest BCUT2D eigenvalue weighted by Gasteiger charge is 2.45. The zero-order valence-electron chi connectivity index (χ0n) is 15.3. The fourth-order valence-electron chi connectivity index (χ4n) is 3.39. The Labute approximate surface area is 164 Å². The maximum Gasteiger partial charge on any atom is 0.408 e. The Bertz CT molecular complexity index is 804. The molecule has 1 unspecified atom stereocenters. The fraction of sp³-hybridized carbons (Fsp3) is 0.350. The van der Waals surface area contributed by atoms with Crippen molar-refractivity contribution in [2.45, 2.75) is 18.8 Å². The number of benzene rings is 2. The lowest BCUT2D eigenvalue weighted by atomic mass is 10.0. The minimum atomic E-state index is -4.44. The lowest BCUT2D eigenvalue weighted by Gasteiger charge is -2.40. The van der Waals surface area contributed by atoms with Crippen LogP contribution in [0.25, 0.3) is 0 Å². The summed E-state index contributed by atoms with van der Waals surface area (Å²) in [4.78, 5) is 15.3. The van der Waals surface area contributed by atoms with E-state index in [2.05, 4.69) is 4.74 Å². The Morgan fingerprint density at radius 3 is 2.00 bits per heavy atom. The van der Waals surface area contributed by atoms with Crippen molar-refractivity contribution in [3.63, 3.8) is 0 Å². The highest BCUT2D eigenvalue weighted by atomic mass is 19.4. The van der Waals surface area contributed by atoms with Gasteiger partial charge in [-0.25, -0.2) is 0 Å². The van der Waals surface area contributed by atoms with Crippen LogP contribution in [0, 0.1) is 0 Å². The van der Waals surface area contributed by atoms with Gasteiger partial charge in [-0.15, -0.1) is 0 Å². The number of hydrogen-bond acceptors (Lipinski definition) is 3. The quantitative estimate of drug-likeness (QED) is 0.682. The van der Waals surface area contributed by atoms with E-state index in [1.54, 1.807) is 18.2 Å². The zero-order chi connectivity index (χ0) is 21.0. The molecule has 0 N–H and O–H groups in total. The fourth-order valence-corrected chi connectivity index (χ4v) is 3.39. The van der Waals surface area contributed by atoms with E-state index < -0.39 is 18.8 Å². The molecule has 2 aromatic rings. The second-order valence-corrected chi connectivity index (χ2v) is 6.59. The molecule has 9 heteroatoms. The molecular formula is C20H19F5N2O2. The summed E-state index contributed by atoms with van der Waals surface area (Å²) in [5.74, 6) is -0.436. The van der Waals surface area contributed by atoms with Crippen molar-refractivity contribution in [2.24, 2.45) is 0 Å². The number of ether oxygens (including phenoxy) is 1. The molecule has 3 rings (SSSR count). The van der Waals surface area contributed by atoms with E-state index in [0.29, 0.717) is 0 Å². The molecule has 156 valence electrons. The van der Waals surface area contributed by atoms with E-state index in [0.717, 1.165) is 0 Å². The Hall–Kier alpha value is -2.68. The number of rotatable bonds is 5. The average Bonchev–Trinajstić information content (AvgIpc) is 2.68. The number of piperazine rings is 1. The second kappa shape index (κ2) is 8.77. The molecule has 0 aromatic heterocycles. The SMILES string of the molecule is O=C(c1ccc(OC(F)F)cc1)N1CCN(C(c2ccccc2)C(F)(F)F)CC1. The highest BCUT2D eigenvalue weighted by Crippen LogP contribution is 2.38. The third-order valence-corrected chi connectivity index (χ3v) is 4.72. The van der Waals surface area contributed by atoms with Crippen LogP contribution < -0.4 is 4.74 Å². The van der Waals surface area contributed by atoms with Crippen molar-refractivity contribution in [1.29, 1.82) is 0 Å². The first-order valence-electron chi connectivity index (χ1n) is 8.95. The summed E-state index contributed by atoms with van der Waals surface area (Å²) in [6.45, 7) is -2.56. The lowest BCUT2D eigenvalue weighted by molar-refractivity contribution is -0.189. The Kier molecular flexibility index (Phi) is 6.36. The number of carbonyl (C=O) groups excluding carboxylic acids is 1. The molecule has 1 aliphatic rings. The van der Waals surface area contributed by atoms with Crippen molar-refractivity contribution in [2.75, 3.05) is 26.2 Å². The maximum absolute atomic E-state index is 13.7. The molecule has 0 saturated carbocycles. The van der Waals surface area contributed by atoms with Crippen molar-refractivity contribution in [1.82, 2.24) is 9.80 Å². The first kappa shape index (κ1) is 21.0. The third kappa shape index (κ3) is 5.23. The molecule has 1 amide bonds. The van der Waals surface area contributed by atoms with Gasteiger partial charge in [-0.1, -0.05) is 30.3 Å². The topological polar surface area (TPSA) is 32.8 Å². The van der Waals surface area contributed by atoms with E-state index in [-0.39, 0.29) is 49.0 Å². The monoisotopic (exact) mass is 414 g/mol. The van der Waals surface area contributed by atoms with Gasteiger partial charge in [0.25, 0.3) is 5.91 Å². The van der Waals surface area contributed by atoms with Gasteiger partial charge in [0.2, 0.25) is 0 Å². The van der Waals surface area contributed by atoms with Crippen LogP contribution in [0.1, 0.15) is 22.0 Å². The molecule has 1 fully saturated rings. The molecule has 1 saturated heterocycles. The normalized spacial score (nSPS) is 16.7. The summed E-state index contributed by atoms with van der Waals surface area (Å²) < 4.78 is 69.6. The lowest BCUT2D eigenvalue weighted by Crippen LogP contribution is -2.52. The standard InChI is InChI=1S/C20H19F5N2O2/c21-19(22)29-16-8-6-15(7-9-16)18(28)27-12-10-26(11-13-27)17(20(23,24)25)14-4-2-1-3-5-14/h1-9,17,19H,10-13H2. The summed E-state index contributed by atoms with van der Waals surface area (Å²) in [6, 6.07) is 11.2. The third-order valence-electron chi connectivity index (χ3n) is 4.72. The summed E-state index contributed by atoms with van der Waals surface area (Å²) in [6.07, 6.45) is -4.44. The number of alkyl halides is 5. The summed E-state index contributed by atoms with van der Waals surface area (Å²) in [5.41, 5.74) is 0.421. The summed E-state index contributed by atoms with van der Waals surface area (Å²) in [7, 11) is 0. The Morgan fingerprint density at radius 1 is 0.897 bits per heavy atom. The van der Waals surface area contributed by atoms with Gasteiger partial charge in [0, 0.05) is 31.7 Å². The van der Waals surface area contributed by atoms with Crippen LogP contribution in [0.5, 0.6) is 5.75 Å². The molecular weight excluding hydrogens is 395 g/mol. The number of amides is 1. The molecule has 0 spiro atoms. The number of hydrogen-bond donors (Lipinski definition) is 0. The van der Waals surface area contributed by atoms with Gasteiger partial charge in [-0.2, -0.15) is 22.0 Å². The van der Waals surface area contributed by atoms with Gasteiger partial charge < -0.3 is 9.64 Å². The van der Waals surface area contributed by atoms with Gasteiger partial charge in [-0.3, -0.25) is 9.69 Å². The van der Waals surface area contributed by atoms with E-state index >= 15 is 0 Å². The minimum Gasteiger partial charge on any atom is -0.435 e. The predicted octanol–water partition coefficient (Wildman–Crippen LogP) is 4.35. The van der Waals surface area contributed by atoms with Gasteiger partial charge in [0.05, 0.1) is 0 Å². The molecule has 2 aromatic carbocycles. The molecule has 29 heavy (non-hydrogen) atoms. The molecule has 0 aliphatic carbocycles. The van der Waals surface area contributed by atoms with Gasteiger partial charge in [0.1, 0.15) is 11.8 Å². The first-order valence-corrected chi connectivity index (χ1v) is 8.95. The number of nitrogens with zero attached hydrogens (tertiary/aromatic N) is 2. The van der Waals surface area contributed by atoms with Crippen molar-refractivity contribution >= 4 is 5.91 Å². The Morgan fingerprint density at radius 2 is 1.48 bits per heavy atom. The number of carbonyl (C=O) groups is 1. The van der Waals surface area contributed by atoms with Crippen LogP contribution in [-0.4, -0.2) is 54.7 Å². The molecule has 1 heterocycles. The minimum absolute atomic E-state index is 0.0669. The van der Waals surface area contributed by atoms with E-state index in [1.165, 1.54) is 46.2 Å². The second-order valence-electron chi connectivity index (χ2n) is 6.59.